The Morgan fingerprint density at radius 2 is 1.80 bits per heavy atom. The molecule has 106 valence electrons. The number of nitrogens with zero attached hydrogens (tertiary/aromatic N) is 2. The second-order valence-corrected chi connectivity index (χ2v) is 6.34. The summed E-state index contributed by atoms with van der Waals surface area (Å²) in [5, 5.41) is -0.557. The second kappa shape index (κ2) is 5.69. The number of sulfonamides is 1. The van der Waals surface area contributed by atoms with Crippen LogP contribution in [0.15, 0.2) is 29.2 Å². The summed E-state index contributed by atoms with van der Waals surface area (Å²) < 4.78 is 39.2. The molecule has 0 spiro atoms. The molecule has 5 nitrogen and oxygen atoms in total. The van der Waals surface area contributed by atoms with Crippen LogP contribution in [0.1, 0.15) is 0 Å². The van der Waals surface area contributed by atoms with Crippen molar-refractivity contribution in [3.8, 4) is 0 Å². The number of nitrogens with one attached hydrogen (secondary N) is 1. The van der Waals surface area contributed by atoms with Gasteiger partial charge in [-0.15, -0.1) is 0 Å². The molecule has 10 heteroatoms. The number of hydrogen-bond acceptors (Lipinski definition) is 4. The van der Waals surface area contributed by atoms with E-state index in [1.807, 2.05) is 0 Å². The van der Waals surface area contributed by atoms with Crippen molar-refractivity contribution in [2.75, 3.05) is 4.72 Å². The maximum Gasteiger partial charge on any atom is 0.263 e. The van der Waals surface area contributed by atoms with Crippen molar-refractivity contribution < 1.29 is 12.8 Å². The molecule has 0 aliphatic heterocycles. The molecule has 0 amide bonds. The summed E-state index contributed by atoms with van der Waals surface area (Å²) in [4.78, 5) is 7.01. The van der Waals surface area contributed by atoms with Crippen LogP contribution in [0.2, 0.25) is 15.5 Å². The van der Waals surface area contributed by atoms with Crippen molar-refractivity contribution in [2.45, 2.75) is 4.90 Å². The fraction of sp³-hybridized carbons (Fsp3) is 0. The maximum atomic E-state index is 13.0. The van der Waals surface area contributed by atoms with Crippen LogP contribution in [0, 0.1) is 5.82 Å². The van der Waals surface area contributed by atoms with Crippen molar-refractivity contribution in [1.29, 1.82) is 0 Å². The van der Waals surface area contributed by atoms with E-state index in [2.05, 4.69) is 14.7 Å². The Morgan fingerprint density at radius 3 is 2.40 bits per heavy atom. The van der Waals surface area contributed by atoms with E-state index in [0.29, 0.717) is 0 Å². The lowest BCUT2D eigenvalue weighted by Crippen LogP contribution is -2.14. The van der Waals surface area contributed by atoms with Gasteiger partial charge in [0.05, 0.1) is 9.92 Å². The van der Waals surface area contributed by atoms with Gasteiger partial charge in [-0.25, -0.2) is 17.8 Å². The minimum atomic E-state index is -3.99. The smallest absolute Gasteiger partial charge is 0.263 e. The Labute approximate surface area is 128 Å². The summed E-state index contributed by atoms with van der Waals surface area (Å²) in [6.07, 6.45) is 0. The number of aromatic nitrogens is 2. The van der Waals surface area contributed by atoms with Crippen LogP contribution in [-0.4, -0.2) is 18.4 Å². The van der Waals surface area contributed by atoms with Crippen LogP contribution in [0.25, 0.3) is 0 Å². The van der Waals surface area contributed by atoms with Crippen molar-refractivity contribution in [3.63, 3.8) is 0 Å². The van der Waals surface area contributed by atoms with Crippen LogP contribution in [0.4, 0.5) is 10.2 Å². The Kier molecular flexibility index (Phi) is 4.33. The summed E-state index contributed by atoms with van der Waals surface area (Å²) in [6.45, 7) is 0. The fourth-order valence-electron chi connectivity index (χ4n) is 1.28. The zero-order valence-corrected chi connectivity index (χ0v) is 12.5. The standard InChI is InChI=1S/C10H5Cl3FN3O2S/c11-6-3-5(1-2-7(6)14)20(18,19)17-9-4-8(12)15-10(13)16-9/h1-4H,(H,15,16,17). The molecule has 1 aromatic heterocycles. The molecule has 2 rings (SSSR count). The third-order valence-corrected chi connectivity index (χ3v) is 4.11. The molecule has 20 heavy (non-hydrogen) atoms. The Morgan fingerprint density at radius 1 is 1.10 bits per heavy atom. The zero-order valence-electron chi connectivity index (χ0n) is 9.44. The predicted octanol–water partition coefficient (Wildman–Crippen LogP) is 3.38. The lowest BCUT2D eigenvalue weighted by Gasteiger charge is -2.08. The molecule has 1 aromatic carbocycles. The lowest BCUT2D eigenvalue weighted by atomic mass is 10.3. The highest BCUT2D eigenvalue weighted by Crippen LogP contribution is 2.22. The molecule has 0 radical (unpaired) electrons. The van der Waals surface area contributed by atoms with Crippen molar-refractivity contribution >= 4 is 50.6 Å². The average Bonchev–Trinajstić information content (AvgIpc) is 2.30. The summed E-state index contributed by atoms with van der Waals surface area (Å²) in [7, 11) is -3.99. The van der Waals surface area contributed by atoms with Gasteiger partial charge < -0.3 is 0 Å². The summed E-state index contributed by atoms with van der Waals surface area (Å²) >= 11 is 16.7. The van der Waals surface area contributed by atoms with Gasteiger partial charge in [-0.05, 0) is 29.8 Å². The van der Waals surface area contributed by atoms with Crippen LogP contribution in [-0.2, 0) is 10.0 Å². The Bertz CT molecular complexity index is 750. The molecular formula is C10H5Cl3FN3O2S. The third-order valence-electron chi connectivity index (χ3n) is 2.11. The molecule has 1 N–H and O–H groups in total. The first kappa shape index (κ1) is 15.2. The Hall–Kier alpha value is -1.15. The van der Waals surface area contributed by atoms with Gasteiger partial charge in [0.25, 0.3) is 10.0 Å². The highest BCUT2D eigenvalue weighted by Gasteiger charge is 2.17. The third kappa shape index (κ3) is 3.49. The van der Waals surface area contributed by atoms with E-state index in [0.717, 1.165) is 18.2 Å². The first-order valence-electron chi connectivity index (χ1n) is 4.96. The SMILES string of the molecule is O=S(=O)(Nc1cc(Cl)nc(Cl)n1)c1ccc(F)c(Cl)c1. The highest BCUT2D eigenvalue weighted by atomic mass is 35.5. The molecule has 0 bridgehead atoms. The van der Waals surface area contributed by atoms with Gasteiger partial charge in [-0.2, -0.15) is 4.98 Å². The van der Waals surface area contributed by atoms with Crippen molar-refractivity contribution in [3.05, 3.63) is 45.5 Å². The van der Waals surface area contributed by atoms with E-state index < -0.39 is 15.8 Å². The molecular weight excluding hydrogens is 352 g/mol. The van der Waals surface area contributed by atoms with Gasteiger partial charge >= 0.3 is 0 Å². The number of hydrogen-bond donors (Lipinski definition) is 1. The first-order valence-corrected chi connectivity index (χ1v) is 7.57. The molecule has 0 saturated heterocycles. The minimum Gasteiger partial charge on any atom is -0.263 e. The van der Waals surface area contributed by atoms with E-state index >= 15 is 0 Å². The van der Waals surface area contributed by atoms with Gasteiger partial charge in [0, 0.05) is 6.07 Å². The quantitative estimate of drug-likeness (QED) is 0.676. The van der Waals surface area contributed by atoms with Gasteiger partial charge in [0.2, 0.25) is 5.28 Å². The first-order chi connectivity index (χ1) is 9.28. The normalized spacial score (nSPS) is 11.4. The maximum absolute atomic E-state index is 13.0. The topological polar surface area (TPSA) is 72.0 Å². The molecule has 0 aliphatic carbocycles. The van der Waals surface area contributed by atoms with E-state index in [4.69, 9.17) is 34.8 Å². The molecule has 1 heterocycles. The van der Waals surface area contributed by atoms with E-state index in [1.165, 1.54) is 6.07 Å². The molecule has 0 saturated carbocycles. The average molecular weight is 357 g/mol. The van der Waals surface area contributed by atoms with E-state index in [-0.39, 0.29) is 26.2 Å². The molecule has 0 aliphatic rings. The zero-order chi connectivity index (χ0) is 14.9. The van der Waals surface area contributed by atoms with Crippen molar-refractivity contribution in [1.82, 2.24) is 9.97 Å². The second-order valence-electron chi connectivity index (χ2n) is 3.53. The van der Waals surface area contributed by atoms with Gasteiger partial charge in [-0.1, -0.05) is 23.2 Å². The van der Waals surface area contributed by atoms with Gasteiger partial charge in [0.15, 0.2) is 0 Å². The molecule has 0 unspecified atom stereocenters. The molecule has 0 fully saturated rings. The summed E-state index contributed by atoms with van der Waals surface area (Å²) in [5.41, 5.74) is 0. The van der Waals surface area contributed by atoms with Crippen LogP contribution >= 0.6 is 34.8 Å². The Balaban J connectivity index is 2.37. The largest absolute Gasteiger partial charge is 0.263 e. The fourth-order valence-corrected chi connectivity index (χ4v) is 2.95. The van der Waals surface area contributed by atoms with Gasteiger partial charge in [-0.3, -0.25) is 4.72 Å². The van der Waals surface area contributed by atoms with Gasteiger partial charge in [0.1, 0.15) is 16.8 Å². The monoisotopic (exact) mass is 355 g/mol. The summed E-state index contributed by atoms with van der Waals surface area (Å²) in [5.74, 6) is -0.839. The number of rotatable bonds is 3. The van der Waals surface area contributed by atoms with Crippen LogP contribution < -0.4 is 4.72 Å². The minimum absolute atomic E-state index is 0.0279. The highest BCUT2D eigenvalue weighted by molar-refractivity contribution is 7.92. The predicted molar refractivity (Wildman–Crippen MR) is 74.3 cm³/mol. The van der Waals surface area contributed by atoms with Crippen LogP contribution in [0.5, 0.6) is 0 Å². The molecule has 2 aromatic rings. The van der Waals surface area contributed by atoms with Crippen molar-refractivity contribution in [2.24, 2.45) is 0 Å². The molecule has 0 atom stereocenters. The van der Waals surface area contributed by atoms with E-state index in [1.54, 1.807) is 0 Å². The lowest BCUT2D eigenvalue weighted by molar-refractivity contribution is 0.599. The van der Waals surface area contributed by atoms with E-state index in [9.17, 15) is 12.8 Å². The van der Waals surface area contributed by atoms with Crippen LogP contribution in [0.3, 0.4) is 0 Å². The number of halogens is 4. The number of benzene rings is 1. The summed E-state index contributed by atoms with van der Waals surface area (Å²) in [6, 6.07) is 4.16. The number of anilines is 1.